The molecule has 0 saturated heterocycles. The van der Waals surface area contributed by atoms with E-state index in [0.717, 1.165) is 23.1 Å². The first-order chi connectivity index (χ1) is 17.4. The molecule has 0 aliphatic rings. The first-order valence-electron chi connectivity index (χ1n) is 13.0. The van der Waals surface area contributed by atoms with E-state index < -0.39 is 11.6 Å². The molecule has 0 fully saturated rings. The monoisotopic (exact) mass is 484 g/mol. The molecule has 36 heavy (non-hydrogen) atoms. The van der Waals surface area contributed by atoms with Gasteiger partial charge >= 0.3 is 5.97 Å². The first-order valence-corrected chi connectivity index (χ1v) is 13.0. The maximum absolute atomic E-state index is 11.5. The molecule has 0 aromatic heterocycles. The quantitative estimate of drug-likeness (QED) is 0.198. The van der Waals surface area contributed by atoms with E-state index in [-0.39, 0.29) is 11.8 Å². The topological polar surface area (TPSA) is 46.5 Å². The number of carbonyl (C=O) groups is 1. The van der Waals surface area contributed by atoms with Gasteiger partial charge in [-0.25, -0.2) is 0 Å². The highest BCUT2D eigenvalue weighted by atomic mass is 16.5. The van der Waals surface area contributed by atoms with E-state index >= 15 is 0 Å². The zero-order valence-corrected chi connectivity index (χ0v) is 22.0. The molecule has 1 N–H and O–H groups in total. The number of rotatable bonds is 13. The van der Waals surface area contributed by atoms with Gasteiger partial charge in [0.2, 0.25) is 0 Å². The highest BCUT2D eigenvalue weighted by Gasteiger charge is 2.38. The largest absolute Gasteiger partial charge is 0.481 e. The summed E-state index contributed by atoms with van der Waals surface area (Å²) in [4.78, 5) is 11.5. The normalized spacial score (nSPS) is 13.8. The molecule has 0 radical (unpaired) electrons. The van der Waals surface area contributed by atoms with Crippen molar-refractivity contribution in [3.63, 3.8) is 0 Å². The van der Waals surface area contributed by atoms with Gasteiger partial charge in [-0.1, -0.05) is 131 Å². The summed E-state index contributed by atoms with van der Waals surface area (Å²) < 4.78 is 7.04. The SMILES string of the molecule is CC(C)[C@H](C/C=C/C[C@H](C(=O)O)C(C)C)COC(c1ccccc1)(c1ccccc1)c1ccccc1. The molecule has 0 unspecified atom stereocenters. The number of aliphatic carboxylic acids is 1. The Balaban J connectivity index is 1.91. The van der Waals surface area contributed by atoms with Gasteiger partial charge in [0.15, 0.2) is 0 Å². The van der Waals surface area contributed by atoms with Crippen molar-refractivity contribution in [2.24, 2.45) is 23.7 Å². The molecule has 0 aliphatic carbocycles. The van der Waals surface area contributed by atoms with Crippen molar-refractivity contribution in [3.05, 3.63) is 120 Å². The van der Waals surface area contributed by atoms with Crippen LogP contribution in [0.2, 0.25) is 0 Å². The second kappa shape index (κ2) is 13.2. The molecule has 0 aliphatic heterocycles. The van der Waals surface area contributed by atoms with E-state index in [0.29, 0.717) is 24.9 Å². The summed E-state index contributed by atoms with van der Waals surface area (Å²) >= 11 is 0. The number of allylic oxidation sites excluding steroid dienone is 2. The lowest BCUT2D eigenvalue weighted by Gasteiger charge is -2.37. The number of carboxylic acids is 1. The molecule has 0 spiro atoms. The van der Waals surface area contributed by atoms with Crippen LogP contribution in [0, 0.1) is 23.7 Å². The molecule has 3 heteroatoms. The Hall–Kier alpha value is -3.17. The molecule has 3 rings (SSSR count). The second-order valence-electron chi connectivity index (χ2n) is 10.2. The molecule has 190 valence electrons. The van der Waals surface area contributed by atoms with E-state index in [9.17, 15) is 9.90 Å². The Labute approximate surface area is 216 Å². The van der Waals surface area contributed by atoms with Gasteiger partial charge in [0.1, 0.15) is 5.60 Å². The van der Waals surface area contributed by atoms with Gasteiger partial charge in [-0.05, 0) is 47.3 Å². The lowest BCUT2D eigenvalue weighted by Crippen LogP contribution is -2.35. The van der Waals surface area contributed by atoms with Gasteiger partial charge < -0.3 is 9.84 Å². The summed E-state index contributed by atoms with van der Waals surface area (Å²) in [7, 11) is 0. The average Bonchev–Trinajstić information content (AvgIpc) is 2.89. The number of ether oxygens (including phenoxy) is 1. The summed E-state index contributed by atoms with van der Waals surface area (Å²) in [6.07, 6.45) is 5.58. The fourth-order valence-electron chi connectivity index (χ4n) is 4.71. The third-order valence-corrected chi connectivity index (χ3v) is 7.12. The fraction of sp³-hybridized carbons (Fsp3) is 0.364. The van der Waals surface area contributed by atoms with Gasteiger partial charge in [0.25, 0.3) is 0 Å². The van der Waals surface area contributed by atoms with Crippen LogP contribution in [0.5, 0.6) is 0 Å². The van der Waals surface area contributed by atoms with Crippen molar-refractivity contribution >= 4 is 5.97 Å². The molecule has 0 saturated carbocycles. The molecule has 3 nitrogen and oxygen atoms in total. The van der Waals surface area contributed by atoms with Crippen LogP contribution >= 0.6 is 0 Å². The van der Waals surface area contributed by atoms with E-state index in [4.69, 9.17) is 4.74 Å². The predicted molar refractivity (Wildman–Crippen MR) is 148 cm³/mol. The van der Waals surface area contributed by atoms with Crippen molar-refractivity contribution in [1.82, 2.24) is 0 Å². The van der Waals surface area contributed by atoms with Crippen LogP contribution in [-0.4, -0.2) is 17.7 Å². The second-order valence-corrected chi connectivity index (χ2v) is 10.2. The number of carboxylic acid groups (broad SMARTS) is 1. The summed E-state index contributed by atoms with van der Waals surface area (Å²) in [5.74, 6) is -0.262. The summed E-state index contributed by atoms with van der Waals surface area (Å²) in [5, 5.41) is 9.49. The molecule has 0 heterocycles. The van der Waals surface area contributed by atoms with Gasteiger partial charge in [0.05, 0.1) is 12.5 Å². The zero-order chi connectivity index (χ0) is 26.0. The summed E-state index contributed by atoms with van der Waals surface area (Å²) in [5.41, 5.74) is 2.57. The molecule has 0 bridgehead atoms. The Morgan fingerprint density at radius 2 is 1.14 bits per heavy atom. The Kier molecular flexibility index (Phi) is 10.1. The molecule has 0 amide bonds. The van der Waals surface area contributed by atoms with Crippen molar-refractivity contribution in [3.8, 4) is 0 Å². The smallest absolute Gasteiger partial charge is 0.307 e. The van der Waals surface area contributed by atoms with Crippen LogP contribution in [0.15, 0.2) is 103 Å². The van der Waals surface area contributed by atoms with Gasteiger partial charge in [-0.3, -0.25) is 4.79 Å². The Morgan fingerprint density at radius 3 is 1.50 bits per heavy atom. The van der Waals surface area contributed by atoms with E-state index in [1.54, 1.807) is 0 Å². The van der Waals surface area contributed by atoms with E-state index in [1.807, 2.05) is 38.1 Å². The highest BCUT2D eigenvalue weighted by molar-refractivity contribution is 5.70. The van der Waals surface area contributed by atoms with E-state index in [2.05, 4.69) is 92.7 Å². The third kappa shape index (κ3) is 6.73. The highest BCUT2D eigenvalue weighted by Crippen LogP contribution is 2.41. The number of hydrogen-bond acceptors (Lipinski definition) is 2. The maximum atomic E-state index is 11.5. The minimum Gasteiger partial charge on any atom is -0.481 e. The predicted octanol–water partition coefficient (Wildman–Crippen LogP) is 7.96. The van der Waals surface area contributed by atoms with Crippen LogP contribution in [-0.2, 0) is 15.1 Å². The van der Waals surface area contributed by atoms with Crippen molar-refractivity contribution in [2.75, 3.05) is 6.61 Å². The van der Waals surface area contributed by atoms with Crippen LogP contribution in [0.4, 0.5) is 0 Å². The van der Waals surface area contributed by atoms with Gasteiger partial charge in [-0.2, -0.15) is 0 Å². The van der Waals surface area contributed by atoms with Crippen LogP contribution < -0.4 is 0 Å². The lowest BCUT2D eigenvalue weighted by atomic mass is 9.79. The van der Waals surface area contributed by atoms with Crippen molar-refractivity contribution in [2.45, 2.75) is 46.1 Å². The lowest BCUT2D eigenvalue weighted by molar-refractivity contribution is -0.143. The minimum absolute atomic E-state index is 0.111. The van der Waals surface area contributed by atoms with Crippen LogP contribution in [0.25, 0.3) is 0 Å². The first kappa shape index (κ1) is 27.4. The molecule has 3 aromatic carbocycles. The average molecular weight is 485 g/mol. The van der Waals surface area contributed by atoms with Gasteiger partial charge in [-0.15, -0.1) is 0 Å². The van der Waals surface area contributed by atoms with Crippen molar-refractivity contribution < 1.29 is 14.6 Å². The van der Waals surface area contributed by atoms with Crippen LogP contribution in [0.1, 0.15) is 57.2 Å². The Bertz CT molecular complexity index is 975. The maximum Gasteiger partial charge on any atom is 0.307 e. The minimum atomic E-state index is -0.729. The number of hydrogen-bond donors (Lipinski definition) is 1. The summed E-state index contributed by atoms with van der Waals surface area (Å²) in [6.45, 7) is 8.96. The van der Waals surface area contributed by atoms with E-state index in [1.165, 1.54) is 0 Å². The molecular formula is C33H40O3. The Morgan fingerprint density at radius 1 is 0.722 bits per heavy atom. The molecular weight excluding hydrogens is 444 g/mol. The fourth-order valence-corrected chi connectivity index (χ4v) is 4.71. The third-order valence-electron chi connectivity index (χ3n) is 7.12. The standard InChI is InChI=1S/C33H40O3/c1-25(2)27(16-14-15-23-31(26(3)4)32(34)35)24-36-33(28-17-8-5-9-18-28,29-19-10-6-11-20-29)30-21-12-7-13-22-30/h5-15,17-22,25-27,31H,16,23-24H2,1-4H3,(H,34,35)/b15-14+/t27-,31+/m1/s1. The molecule has 2 atom stereocenters. The molecule has 3 aromatic rings. The van der Waals surface area contributed by atoms with Crippen LogP contribution in [0.3, 0.4) is 0 Å². The van der Waals surface area contributed by atoms with Crippen molar-refractivity contribution in [1.29, 1.82) is 0 Å². The van der Waals surface area contributed by atoms with Gasteiger partial charge in [0, 0.05) is 0 Å². The number of benzene rings is 3. The summed E-state index contributed by atoms with van der Waals surface area (Å²) in [6, 6.07) is 31.3. The zero-order valence-electron chi connectivity index (χ0n) is 22.0.